The third kappa shape index (κ3) is 3.82. The number of hydrogen-bond donors (Lipinski definition) is 0. The molecule has 1 spiro atoms. The normalized spacial score (nSPS) is 21.1. The molecule has 5 heteroatoms. The van der Waals surface area contributed by atoms with Gasteiger partial charge in [0.05, 0.1) is 10.9 Å². The monoisotopic (exact) mass is 354 g/mol. The second kappa shape index (κ2) is 7.08. The second-order valence-corrected chi connectivity index (χ2v) is 8.35. The number of rotatable bonds is 5. The molecule has 25 heavy (non-hydrogen) atoms. The predicted octanol–water partition coefficient (Wildman–Crippen LogP) is 3.18. The molecule has 2 aliphatic rings. The molecule has 4 nitrogen and oxygen atoms in total. The maximum absolute atomic E-state index is 12.4. The summed E-state index contributed by atoms with van der Waals surface area (Å²) in [5.74, 6) is 2.09. The number of likely N-dealkylation sites (tertiary alicyclic amines) is 1. The average molecular weight is 354 g/mol. The van der Waals surface area contributed by atoms with Gasteiger partial charge in [-0.2, -0.15) is 0 Å². The van der Waals surface area contributed by atoms with Crippen LogP contribution in [0.25, 0.3) is 0 Å². The van der Waals surface area contributed by atoms with Crippen molar-refractivity contribution in [3.8, 4) is 5.75 Å². The van der Waals surface area contributed by atoms with Crippen LogP contribution in [0.2, 0.25) is 0 Å². The fourth-order valence-electron chi connectivity index (χ4n) is 3.59. The molecule has 4 rings (SSSR count). The number of pyridine rings is 1. The molecule has 2 aromatic rings. The summed E-state index contributed by atoms with van der Waals surface area (Å²) in [5, 5.41) is 0. The highest BCUT2D eigenvalue weighted by Crippen LogP contribution is 2.46. The van der Waals surface area contributed by atoms with Crippen LogP contribution in [0.4, 0.5) is 0 Å². The summed E-state index contributed by atoms with van der Waals surface area (Å²) in [6.45, 7) is 1.72. The maximum atomic E-state index is 12.4. The Morgan fingerprint density at radius 2 is 2.08 bits per heavy atom. The van der Waals surface area contributed by atoms with Crippen molar-refractivity contribution in [3.63, 3.8) is 0 Å². The molecular weight excluding hydrogens is 332 g/mol. The van der Waals surface area contributed by atoms with E-state index in [9.17, 15) is 4.79 Å². The van der Waals surface area contributed by atoms with E-state index in [0.717, 1.165) is 37.4 Å². The van der Waals surface area contributed by atoms with Gasteiger partial charge in [-0.05, 0) is 24.1 Å². The summed E-state index contributed by atoms with van der Waals surface area (Å²) < 4.78 is 6.22. The minimum Gasteiger partial charge on any atom is -0.488 e. The van der Waals surface area contributed by atoms with Crippen LogP contribution in [0.5, 0.6) is 5.75 Å². The summed E-state index contributed by atoms with van der Waals surface area (Å²) >= 11 is 1.96. The summed E-state index contributed by atoms with van der Waals surface area (Å²) in [7, 11) is 0. The first-order chi connectivity index (χ1) is 12.2. The summed E-state index contributed by atoms with van der Waals surface area (Å²) in [6.07, 6.45) is 6.16. The van der Waals surface area contributed by atoms with Crippen molar-refractivity contribution in [1.29, 1.82) is 0 Å². The number of aryl methyl sites for hydroxylation is 1. The van der Waals surface area contributed by atoms with Gasteiger partial charge in [0.25, 0.3) is 0 Å². The Kier molecular flexibility index (Phi) is 4.66. The van der Waals surface area contributed by atoms with Crippen LogP contribution in [-0.2, 0) is 11.2 Å². The molecule has 1 unspecified atom stereocenters. The van der Waals surface area contributed by atoms with Crippen LogP contribution in [0.3, 0.4) is 0 Å². The lowest BCUT2D eigenvalue weighted by atomic mass is 9.92. The summed E-state index contributed by atoms with van der Waals surface area (Å²) in [5.41, 5.74) is 1.23. The van der Waals surface area contributed by atoms with Gasteiger partial charge in [-0.3, -0.25) is 9.78 Å². The second-order valence-electron chi connectivity index (χ2n) is 6.86. The zero-order valence-electron chi connectivity index (χ0n) is 14.1. The molecule has 0 N–H and O–H groups in total. The summed E-state index contributed by atoms with van der Waals surface area (Å²) in [4.78, 5) is 18.5. The molecule has 0 bridgehead atoms. The lowest BCUT2D eigenvalue weighted by Gasteiger charge is -2.47. The Labute approximate surface area is 152 Å². The number of amides is 1. The molecule has 0 aliphatic carbocycles. The quantitative estimate of drug-likeness (QED) is 0.827. The number of ether oxygens (including phenoxy) is 1. The molecule has 0 saturated carbocycles. The van der Waals surface area contributed by atoms with Crippen molar-refractivity contribution in [2.24, 2.45) is 0 Å². The van der Waals surface area contributed by atoms with Crippen LogP contribution < -0.4 is 4.74 Å². The van der Waals surface area contributed by atoms with Gasteiger partial charge >= 0.3 is 0 Å². The van der Waals surface area contributed by atoms with E-state index in [4.69, 9.17) is 4.74 Å². The standard InChI is InChI=1S/C20H22N2O2S/c23-19(9-8-16-5-2-1-3-6-16)22-14-20(15-22)11-18(13-25-20)24-17-7-4-10-21-12-17/h1-7,10,12,18H,8-9,11,13-15H2. The van der Waals surface area contributed by atoms with E-state index >= 15 is 0 Å². The van der Waals surface area contributed by atoms with Crippen molar-refractivity contribution in [3.05, 3.63) is 60.4 Å². The van der Waals surface area contributed by atoms with Gasteiger partial charge in [0.1, 0.15) is 11.9 Å². The first-order valence-electron chi connectivity index (χ1n) is 8.75. The van der Waals surface area contributed by atoms with Crippen molar-refractivity contribution < 1.29 is 9.53 Å². The number of carbonyl (C=O) groups excluding carboxylic acids is 1. The van der Waals surface area contributed by atoms with Gasteiger partial charge in [0.2, 0.25) is 5.91 Å². The molecular formula is C20H22N2O2S. The highest BCUT2D eigenvalue weighted by Gasteiger charge is 2.51. The van der Waals surface area contributed by atoms with E-state index in [1.54, 1.807) is 12.4 Å². The highest BCUT2D eigenvalue weighted by molar-refractivity contribution is 8.01. The van der Waals surface area contributed by atoms with Crippen LogP contribution in [0.15, 0.2) is 54.9 Å². The minimum atomic E-state index is 0.204. The average Bonchev–Trinajstić information content (AvgIpc) is 3.04. The molecule has 2 aliphatic heterocycles. The highest BCUT2D eigenvalue weighted by atomic mass is 32.2. The fraction of sp³-hybridized carbons (Fsp3) is 0.400. The number of nitrogens with zero attached hydrogens (tertiary/aromatic N) is 2. The van der Waals surface area contributed by atoms with Crippen molar-refractivity contribution in [1.82, 2.24) is 9.88 Å². The van der Waals surface area contributed by atoms with Crippen LogP contribution in [0.1, 0.15) is 18.4 Å². The van der Waals surface area contributed by atoms with E-state index in [-0.39, 0.29) is 16.8 Å². The Hall–Kier alpha value is -2.01. The van der Waals surface area contributed by atoms with Gasteiger partial charge in [-0.25, -0.2) is 0 Å². The van der Waals surface area contributed by atoms with Crippen molar-refractivity contribution in [2.45, 2.75) is 30.1 Å². The van der Waals surface area contributed by atoms with Crippen LogP contribution in [-0.4, -0.2) is 45.5 Å². The topological polar surface area (TPSA) is 42.4 Å². The molecule has 1 atom stereocenters. The Morgan fingerprint density at radius 3 is 2.84 bits per heavy atom. The molecule has 0 radical (unpaired) electrons. The van der Waals surface area contributed by atoms with E-state index in [1.165, 1.54) is 5.56 Å². The minimum absolute atomic E-state index is 0.204. The van der Waals surface area contributed by atoms with E-state index < -0.39 is 0 Å². The van der Waals surface area contributed by atoms with Gasteiger partial charge in [0.15, 0.2) is 0 Å². The van der Waals surface area contributed by atoms with Gasteiger partial charge in [-0.15, -0.1) is 11.8 Å². The Morgan fingerprint density at radius 1 is 1.24 bits per heavy atom. The van der Waals surface area contributed by atoms with Gasteiger partial charge in [-0.1, -0.05) is 30.3 Å². The fourth-order valence-corrected chi connectivity index (χ4v) is 5.11. The van der Waals surface area contributed by atoms with Gasteiger partial charge < -0.3 is 9.64 Å². The van der Waals surface area contributed by atoms with E-state index in [2.05, 4.69) is 17.1 Å². The molecule has 3 heterocycles. The molecule has 1 aromatic heterocycles. The van der Waals surface area contributed by atoms with Crippen LogP contribution >= 0.6 is 11.8 Å². The first-order valence-corrected chi connectivity index (χ1v) is 9.73. The SMILES string of the molecule is O=C(CCc1ccccc1)N1CC2(CC(Oc3cccnc3)CS2)C1. The van der Waals surface area contributed by atoms with Gasteiger partial charge in [0, 0.05) is 37.9 Å². The Balaban J connectivity index is 1.24. The van der Waals surface area contributed by atoms with Crippen molar-refractivity contribution >= 4 is 17.7 Å². The van der Waals surface area contributed by atoms with E-state index in [1.807, 2.05) is 47.0 Å². The predicted molar refractivity (Wildman–Crippen MR) is 99.8 cm³/mol. The number of carbonyl (C=O) groups is 1. The van der Waals surface area contributed by atoms with Crippen molar-refractivity contribution in [2.75, 3.05) is 18.8 Å². The molecule has 130 valence electrons. The third-order valence-electron chi connectivity index (χ3n) is 4.89. The zero-order chi connectivity index (χ0) is 17.1. The lowest BCUT2D eigenvalue weighted by molar-refractivity contribution is -0.136. The number of aromatic nitrogens is 1. The van der Waals surface area contributed by atoms with E-state index in [0.29, 0.717) is 6.42 Å². The maximum Gasteiger partial charge on any atom is 0.222 e. The Bertz CT molecular complexity index is 717. The number of hydrogen-bond acceptors (Lipinski definition) is 4. The first kappa shape index (κ1) is 16.5. The summed E-state index contributed by atoms with van der Waals surface area (Å²) in [6, 6.07) is 14.1. The number of benzene rings is 1. The smallest absolute Gasteiger partial charge is 0.222 e. The molecule has 2 saturated heterocycles. The molecule has 1 amide bonds. The zero-order valence-corrected chi connectivity index (χ0v) is 15.0. The third-order valence-corrected chi connectivity index (χ3v) is 6.47. The van der Waals surface area contributed by atoms with Crippen LogP contribution in [0, 0.1) is 0 Å². The largest absolute Gasteiger partial charge is 0.488 e. The number of thioether (sulfide) groups is 1. The molecule has 2 fully saturated rings. The molecule has 1 aromatic carbocycles. The lowest BCUT2D eigenvalue weighted by Crippen LogP contribution is -2.60.